The van der Waals surface area contributed by atoms with Crippen molar-refractivity contribution in [2.24, 2.45) is 5.92 Å². The molecule has 0 spiro atoms. The number of nitrogens with one attached hydrogen (secondary N) is 1. The van der Waals surface area contributed by atoms with E-state index < -0.39 is 0 Å². The number of fused-ring (bicyclic) bond motifs is 1. The van der Waals surface area contributed by atoms with Gasteiger partial charge < -0.3 is 5.32 Å². The lowest BCUT2D eigenvalue weighted by atomic mass is 10.2. The van der Waals surface area contributed by atoms with E-state index in [1.165, 1.54) is 4.70 Å². The summed E-state index contributed by atoms with van der Waals surface area (Å²) in [7, 11) is 0. The van der Waals surface area contributed by atoms with Gasteiger partial charge in [-0.2, -0.15) is 5.26 Å². The normalized spacial score (nSPS) is 14.4. The fraction of sp³-hybridized carbons (Fsp3) is 0.385. The van der Waals surface area contributed by atoms with Crippen molar-refractivity contribution in [1.82, 2.24) is 10.3 Å². The maximum Gasteiger partial charge on any atom is 0.111 e. The minimum atomic E-state index is 0.0341. The predicted octanol–water partition coefficient (Wildman–Crippen LogP) is 3.11. The molecule has 3 nitrogen and oxygen atoms in total. The highest BCUT2D eigenvalue weighted by molar-refractivity contribution is 7.18. The summed E-state index contributed by atoms with van der Waals surface area (Å²) in [6.07, 6.45) is 0. The molecule has 1 N–H and O–H groups in total. The van der Waals surface area contributed by atoms with Crippen molar-refractivity contribution in [2.75, 3.05) is 6.54 Å². The van der Waals surface area contributed by atoms with Gasteiger partial charge in [0.2, 0.25) is 0 Å². The average Bonchev–Trinajstić information content (AvgIpc) is 2.79. The van der Waals surface area contributed by atoms with Crippen LogP contribution in [0.5, 0.6) is 0 Å². The molecule has 17 heavy (non-hydrogen) atoms. The first kappa shape index (κ1) is 12.0. The maximum atomic E-state index is 8.73. The third kappa shape index (κ3) is 2.82. The molecule has 0 aliphatic carbocycles. The Hall–Kier alpha value is -1.44. The van der Waals surface area contributed by atoms with Crippen LogP contribution in [0.15, 0.2) is 24.3 Å². The largest absolute Gasteiger partial charge is 0.307 e. The minimum Gasteiger partial charge on any atom is -0.307 e. The quantitative estimate of drug-likeness (QED) is 0.900. The summed E-state index contributed by atoms with van der Waals surface area (Å²) >= 11 is 1.71. The number of para-hydroxylation sites is 1. The van der Waals surface area contributed by atoms with Crippen molar-refractivity contribution >= 4 is 21.6 Å². The molecule has 2 unspecified atom stereocenters. The van der Waals surface area contributed by atoms with Crippen molar-refractivity contribution in [1.29, 1.82) is 5.26 Å². The second kappa shape index (κ2) is 5.26. The van der Waals surface area contributed by atoms with E-state index in [0.29, 0.717) is 6.54 Å². The Morgan fingerprint density at radius 3 is 2.88 bits per heavy atom. The Bertz CT molecular complexity index is 508. The van der Waals surface area contributed by atoms with Crippen LogP contribution < -0.4 is 5.32 Å². The van der Waals surface area contributed by atoms with Crippen LogP contribution in [0.2, 0.25) is 0 Å². The molecule has 0 saturated carbocycles. The first-order chi connectivity index (χ1) is 8.20. The number of rotatable bonds is 4. The highest BCUT2D eigenvalue weighted by Crippen LogP contribution is 2.25. The fourth-order valence-electron chi connectivity index (χ4n) is 1.56. The molecule has 0 radical (unpaired) electrons. The summed E-state index contributed by atoms with van der Waals surface area (Å²) in [6, 6.07) is 10.6. The average molecular weight is 245 g/mol. The van der Waals surface area contributed by atoms with Gasteiger partial charge in [-0.1, -0.05) is 12.1 Å². The number of aromatic nitrogens is 1. The lowest BCUT2D eigenvalue weighted by Gasteiger charge is -2.11. The number of thiazole rings is 1. The zero-order valence-corrected chi connectivity index (χ0v) is 10.8. The van der Waals surface area contributed by atoms with Gasteiger partial charge in [0.15, 0.2) is 0 Å². The lowest BCUT2D eigenvalue weighted by Crippen LogP contribution is -2.23. The smallest absolute Gasteiger partial charge is 0.111 e. The zero-order chi connectivity index (χ0) is 12.3. The molecule has 2 rings (SSSR count). The molecule has 0 aliphatic rings. The van der Waals surface area contributed by atoms with E-state index in [9.17, 15) is 0 Å². The number of benzene rings is 1. The van der Waals surface area contributed by atoms with Crippen LogP contribution in [0.25, 0.3) is 10.2 Å². The zero-order valence-electron chi connectivity index (χ0n) is 9.97. The van der Waals surface area contributed by atoms with Gasteiger partial charge in [-0.25, -0.2) is 4.98 Å². The number of nitriles is 1. The van der Waals surface area contributed by atoms with Gasteiger partial charge in [-0.15, -0.1) is 11.3 Å². The van der Waals surface area contributed by atoms with E-state index in [4.69, 9.17) is 5.26 Å². The number of hydrogen-bond acceptors (Lipinski definition) is 4. The molecule has 1 aromatic heterocycles. The van der Waals surface area contributed by atoms with Crippen LogP contribution in [0.1, 0.15) is 24.9 Å². The topological polar surface area (TPSA) is 48.7 Å². The number of hydrogen-bond donors (Lipinski definition) is 1. The van der Waals surface area contributed by atoms with Gasteiger partial charge in [0.1, 0.15) is 5.01 Å². The second-order valence-corrected chi connectivity index (χ2v) is 5.24. The van der Waals surface area contributed by atoms with E-state index in [-0.39, 0.29) is 12.0 Å². The third-order valence-corrected chi connectivity index (χ3v) is 3.85. The molecule has 0 amide bonds. The van der Waals surface area contributed by atoms with Gasteiger partial charge in [0.05, 0.1) is 28.2 Å². The molecule has 0 bridgehead atoms. The summed E-state index contributed by atoms with van der Waals surface area (Å²) in [6.45, 7) is 4.70. The summed E-state index contributed by atoms with van der Waals surface area (Å²) in [5, 5.41) is 13.1. The molecule has 2 aromatic rings. The van der Waals surface area contributed by atoms with Crippen molar-refractivity contribution in [3.8, 4) is 6.07 Å². The van der Waals surface area contributed by atoms with Crippen LogP contribution in [0, 0.1) is 17.2 Å². The maximum absolute atomic E-state index is 8.73. The van der Waals surface area contributed by atoms with E-state index in [2.05, 4.69) is 29.4 Å². The Balaban J connectivity index is 2.09. The molecule has 1 aromatic carbocycles. The molecule has 2 atom stereocenters. The first-order valence-electron chi connectivity index (χ1n) is 5.69. The van der Waals surface area contributed by atoms with Crippen molar-refractivity contribution in [3.05, 3.63) is 29.3 Å². The van der Waals surface area contributed by atoms with Crippen molar-refractivity contribution < 1.29 is 0 Å². The van der Waals surface area contributed by atoms with Gasteiger partial charge in [0, 0.05) is 6.54 Å². The van der Waals surface area contributed by atoms with Crippen molar-refractivity contribution in [3.63, 3.8) is 0 Å². The highest BCUT2D eigenvalue weighted by atomic mass is 32.1. The Morgan fingerprint density at radius 2 is 2.18 bits per heavy atom. The lowest BCUT2D eigenvalue weighted by molar-refractivity contribution is 0.527. The van der Waals surface area contributed by atoms with Crippen LogP contribution >= 0.6 is 11.3 Å². The predicted molar refractivity (Wildman–Crippen MR) is 70.8 cm³/mol. The van der Waals surface area contributed by atoms with Crippen LogP contribution in [0.4, 0.5) is 0 Å². The third-order valence-electron chi connectivity index (χ3n) is 2.63. The molecule has 0 aliphatic heterocycles. The van der Waals surface area contributed by atoms with Crippen molar-refractivity contribution in [2.45, 2.75) is 19.9 Å². The molecule has 4 heteroatoms. The summed E-state index contributed by atoms with van der Waals surface area (Å²) in [5.74, 6) is 0.0341. The molecule has 0 fully saturated rings. The molecular formula is C13H15N3S. The SMILES string of the molecule is CC(C#N)CNC(C)c1nc2ccccc2s1. The van der Waals surface area contributed by atoms with Gasteiger partial charge >= 0.3 is 0 Å². The number of nitrogens with zero attached hydrogens (tertiary/aromatic N) is 2. The minimum absolute atomic E-state index is 0.0341. The molecule has 88 valence electrons. The highest BCUT2D eigenvalue weighted by Gasteiger charge is 2.11. The van der Waals surface area contributed by atoms with Crippen LogP contribution in [-0.2, 0) is 0 Å². The van der Waals surface area contributed by atoms with Gasteiger partial charge in [-0.3, -0.25) is 0 Å². The molecule has 0 saturated heterocycles. The van der Waals surface area contributed by atoms with E-state index in [1.54, 1.807) is 11.3 Å². The van der Waals surface area contributed by atoms with E-state index in [0.717, 1.165) is 10.5 Å². The summed E-state index contributed by atoms with van der Waals surface area (Å²) in [5.41, 5.74) is 1.05. The van der Waals surface area contributed by atoms with Gasteiger partial charge in [-0.05, 0) is 26.0 Å². The Labute approximate surface area is 105 Å². The second-order valence-electron chi connectivity index (χ2n) is 4.18. The summed E-state index contributed by atoms with van der Waals surface area (Å²) < 4.78 is 1.21. The van der Waals surface area contributed by atoms with Crippen LogP contribution in [-0.4, -0.2) is 11.5 Å². The first-order valence-corrected chi connectivity index (χ1v) is 6.51. The Morgan fingerprint density at radius 1 is 1.41 bits per heavy atom. The summed E-state index contributed by atoms with van der Waals surface area (Å²) in [4.78, 5) is 4.59. The van der Waals surface area contributed by atoms with E-state index in [1.807, 2.05) is 25.1 Å². The van der Waals surface area contributed by atoms with Gasteiger partial charge in [0.25, 0.3) is 0 Å². The standard InChI is InChI=1S/C13H15N3S/c1-9(7-14)8-15-10(2)13-16-11-5-3-4-6-12(11)17-13/h3-6,9-10,15H,8H2,1-2H3. The van der Waals surface area contributed by atoms with E-state index >= 15 is 0 Å². The Kier molecular flexibility index (Phi) is 3.72. The molecule has 1 heterocycles. The van der Waals surface area contributed by atoms with Crippen LogP contribution in [0.3, 0.4) is 0 Å². The fourth-order valence-corrected chi connectivity index (χ4v) is 2.56. The monoisotopic (exact) mass is 245 g/mol. The molecular weight excluding hydrogens is 230 g/mol.